The molecule has 4 fully saturated rings. The van der Waals surface area contributed by atoms with E-state index in [4.69, 9.17) is 9.47 Å². The number of epoxide rings is 1. The third-order valence-corrected chi connectivity index (χ3v) is 9.95. The average Bonchev–Trinajstić information content (AvgIpc) is 3.38. The second-order valence-corrected chi connectivity index (χ2v) is 10.9. The summed E-state index contributed by atoms with van der Waals surface area (Å²) in [5, 5.41) is 20.9. The number of aliphatic hydroxyl groups is 1. The van der Waals surface area contributed by atoms with Gasteiger partial charge in [-0.05, 0) is 50.5 Å². The van der Waals surface area contributed by atoms with Gasteiger partial charge in [-0.1, -0.05) is 19.4 Å². The summed E-state index contributed by atoms with van der Waals surface area (Å²) in [6.07, 6.45) is 5.35. The van der Waals surface area contributed by atoms with Crippen LogP contribution in [0.4, 0.5) is 0 Å². The second-order valence-electron chi connectivity index (χ2n) is 10.9. The molecule has 0 radical (unpaired) electrons. The van der Waals surface area contributed by atoms with Crippen molar-refractivity contribution in [1.29, 1.82) is 0 Å². The first-order chi connectivity index (χ1) is 14.5. The number of esters is 1. The van der Waals surface area contributed by atoms with Crippen molar-refractivity contribution in [2.45, 2.75) is 82.5 Å². The highest BCUT2D eigenvalue weighted by Crippen LogP contribution is 2.77. The van der Waals surface area contributed by atoms with Gasteiger partial charge in [0, 0.05) is 29.6 Å². The molecule has 0 aromatic rings. The Bertz CT molecular complexity index is 894. The summed E-state index contributed by atoms with van der Waals surface area (Å²) in [7, 11) is 1.40. The largest absolute Gasteiger partial charge is 0.481 e. The van der Waals surface area contributed by atoms with Crippen molar-refractivity contribution in [1.82, 2.24) is 0 Å². The number of carbonyl (C=O) groups is 3. The molecule has 0 amide bonds. The van der Waals surface area contributed by atoms with Crippen molar-refractivity contribution in [3.05, 3.63) is 11.6 Å². The molecular weight excluding hydrogens is 400 g/mol. The van der Waals surface area contributed by atoms with Crippen LogP contribution in [0.5, 0.6) is 0 Å². The number of hydrogen-bond acceptors (Lipinski definition) is 6. The molecule has 5 rings (SSSR count). The minimum atomic E-state index is -1.09. The number of carboxylic acid groups (broad SMARTS) is 1. The lowest BCUT2D eigenvalue weighted by Gasteiger charge is -2.58. The minimum absolute atomic E-state index is 0.0325. The summed E-state index contributed by atoms with van der Waals surface area (Å²) >= 11 is 0. The Morgan fingerprint density at radius 2 is 2.03 bits per heavy atom. The fourth-order valence-electron chi connectivity index (χ4n) is 8.22. The maximum absolute atomic E-state index is 13.0. The van der Waals surface area contributed by atoms with Gasteiger partial charge in [0.05, 0.1) is 24.7 Å². The second kappa shape index (κ2) is 6.41. The van der Waals surface area contributed by atoms with Crippen molar-refractivity contribution in [2.75, 3.05) is 7.11 Å². The highest BCUT2D eigenvalue weighted by atomic mass is 16.6. The van der Waals surface area contributed by atoms with Gasteiger partial charge in [-0.15, -0.1) is 0 Å². The van der Waals surface area contributed by atoms with Gasteiger partial charge in [0.2, 0.25) is 0 Å². The lowest BCUT2D eigenvalue weighted by Crippen LogP contribution is -2.63. The fraction of sp³-hybridized carbons (Fsp3) is 0.792. The van der Waals surface area contributed by atoms with Crippen LogP contribution in [0.1, 0.15) is 65.2 Å². The number of fused-ring (bicyclic) bond motifs is 3. The third-order valence-electron chi connectivity index (χ3n) is 9.95. The zero-order valence-corrected chi connectivity index (χ0v) is 18.5. The predicted molar refractivity (Wildman–Crippen MR) is 109 cm³/mol. The number of carboxylic acids is 1. The molecule has 7 nitrogen and oxygen atoms in total. The van der Waals surface area contributed by atoms with Crippen LogP contribution in [-0.2, 0) is 23.9 Å². The van der Waals surface area contributed by atoms with Crippen LogP contribution in [-0.4, -0.2) is 52.4 Å². The van der Waals surface area contributed by atoms with Gasteiger partial charge in [-0.25, -0.2) is 0 Å². The van der Waals surface area contributed by atoms with E-state index in [1.165, 1.54) is 7.11 Å². The van der Waals surface area contributed by atoms with E-state index in [-0.39, 0.29) is 47.9 Å². The van der Waals surface area contributed by atoms with E-state index >= 15 is 0 Å². The van der Waals surface area contributed by atoms with Crippen LogP contribution in [0.2, 0.25) is 0 Å². The number of ether oxygens (including phenoxy) is 2. The third kappa shape index (κ3) is 2.50. The molecule has 0 aromatic carbocycles. The Labute approximate surface area is 182 Å². The van der Waals surface area contributed by atoms with Crippen molar-refractivity contribution >= 4 is 17.7 Å². The first kappa shape index (κ1) is 21.1. The van der Waals surface area contributed by atoms with Crippen LogP contribution in [0.25, 0.3) is 0 Å². The smallest absolute Gasteiger partial charge is 0.309 e. The normalized spacial score (nSPS) is 49.8. The molecule has 3 saturated carbocycles. The van der Waals surface area contributed by atoms with Crippen LogP contribution in [0.3, 0.4) is 0 Å². The molecule has 1 spiro atoms. The van der Waals surface area contributed by atoms with Gasteiger partial charge < -0.3 is 19.7 Å². The van der Waals surface area contributed by atoms with Gasteiger partial charge in [0.15, 0.2) is 5.78 Å². The summed E-state index contributed by atoms with van der Waals surface area (Å²) in [6, 6.07) is 0. The quantitative estimate of drug-likeness (QED) is 0.519. The monoisotopic (exact) mass is 432 g/mol. The van der Waals surface area contributed by atoms with Gasteiger partial charge in [0.25, 0.3) is 0 Å². The number of carbonyl (C=O) groups excluding carboxylic acids is 2. The van der Waals surface area contributed by atoms with Crippen molar-refractivity contribution in [3.63, 3.8) is 0 Å². The maximum atomic E-state index is 13.0. The maximum Gasteiger partial charge on any atom is 0.309 e. The van der Waals surface area contributed by atoms with Crippen molar-refractivity contribution < 1.29 is 34.1 Å². The minimum Gasteiger partial charge on any atom is -0.481 e. The molecule has 1 saturated heterocycles. The standard InChI is InChI=1S/C24H32O7/c1-21-7-4-14(25)10-13(21)11-15(20(28)30-3)19-16-5-8-23(29,9-6-18(26)27)22(16,2)12-17-24(19,21)31-17/h10,15-17,19,29H,4-9,11-12H2,1-3H3,(H,26,27)/t15?,16?,17?,19?,21-,22-,23+,24+/m0/s1. The molecule has 4 unspecified atom stereocenters. The number of rotatable bonds is 4. The zero-order chi connectivity index (χ0) is 22.4. The topological polar surface area (TPSA) is 113 Å². The predicted octanol–water partition coefficient (Wildman–Crippen LogP) is 2.64. The van der Waals surface area contributed by atoms with Crippen LogP contribution in [0, 0.1) is 28.6 Å². The lowest BCUT2D eigenvalue weighted by atomic mass is 9.43. The Kier molecular flexibility index (Phi) is 4.37. The highest BCUT2D eigenvalue weighted by Gasteiger charge is 2.82. The van der Waals surface area contributed by atoms with Gasteiger partial charge >= 0.3 is 11.9 Å². The van der Waals surface area contributed by atoms with E-state index in [2.05, 4.69) is 13.8 Å². The number of ketones is 1. The summed E-state index contributed by atoms with van der Waals surface area (Å²) < 4.78 is 11.7. The number of methoxy groups -OCH3 is 1. The molecule has 2 N–H and O–H groups in total. The molecule has 1 heterocycles. The van der Waals surface area contributed by atoms with E-state index in [1.54, 1.807) is 6.08 Å². The Morgan fingerprint density at radius 3 is 2.71 bits per heavy atom. The van der Waals surface area contributed by atoms with Gasteiger partial charge in [-0.2, -0.15) is 0 Å². The lowest BCUT2D eigenvalue weighted by molar-refractivity contribution is -0.163. The fourth-order valence-corrected chi connectivity index (χ4v) is 8.22. The molecule has 1 aliphatic heterocycles. The van der Waals surface area contributed by atoms with E-state index in [9.17, 15) is 24.6 Å². The summed E-state index contributed by atoms with van der Waals surface area (Å²) in [6.45, 7) is 4.24. The molecule has 4 aliphatic carbocycles. The Hall–Kier alpha value is -1.73. The van der Waals surface area contributed by atoms with E-state index in [1.807, 2.05) is 0 Å². The summed E-state index contributed by atoms with van der Waals surface area (Å²) in [5.74, 6) is -1.60. The van der Waals surface area contributed by atoms with Crippen molar-refractivity contribution in [2.24, 2.45) is 28.6 Å². The molecule has 5 aliphatic rings. The van der Waals surface area contributed by atoms with Gasteiger partial charge in [0.1, 0.15) is 5.60 Å². The van der Waals surface area contributed by atoms with Crippen LogP contribution in [0.15, 0.2) is 11.6 Å². The van der Waals surface area contributed by atoms with Crippen LogP contribution < -0.4 is 0 Å². The Morgan fingerprint density at radius 1 is 1.29 bits per heavy atom. The zero-order valence-electron chi connectivity index (χ0n) is 18.5. The Balaban J connectivity index is 1.59. The molecule has 31 heavy (non-hydrogen) atoms. The highest BCUT2D eigenvalue weighted by molar-refractivity contribution is 5.92. The molecule has 7 heteroatoms. The number of hydrogen-bond donors (Lipinski definition) is 2. The first-order valence-electron chi connectivity index (χ1n) is 11.5. The molecule has 0 aromatic heterocycles. The van der Waals surface area contributed by atoms with Crippen molar-refractivity contribution in [3.8, 4) is 0 Å². The molecule has 8 atom stereocenters. The van der Waals surface area contributed by atoms with E-state index in [0.717, 1.165) is 12.0 Å². The van der Waals surface area contributed by atoms with E-state index in [0.29, 0.717) is 32.1 Å². The average molecular weight is 433 g/mol. The van der Waals surface area contributed by atoms with Gasteiger partial charge in [-0.3, -0.25) is 14.4 Å². The summed E-state index contributed by atoms with van der Waals surface area (Å²) in [5.41, 5.74) is -1.43. The first-order valence-corrected chi connectivity index (χ1v) is 11.5. The SMILES string of the molecule is COC(=O)C1CC2=CC(=O)CC[C@]2(C)[C@@]23OC2C[C@@]2(C)C(CC[C@@]2(O)CCC(=O)O)C13. The van der Waals surface area contributed by atoms with Crippen LogP contribution >= 0.6 is 0 Å². The molecule has 0 bridgehead atoms. The number of aliphatic carboxylic acids is 1. The van der Waals surface area contributed by atoms with E-state index < -0.39 is 28.5 Å². The summed E-state index contributed by atoms with van der Waals surface area (Å²) in [4.78, 5) is 36.4. The molecule has 170 valence electrons. The molecular formula is C24H32O7.